The van der Waals surface area contributed by atoms with Gasteiger partial charge in [-0.15, -0.1) is 0 Å². The van der Waals surface area contributed by atoms with Gasteiger partial charge in [-0.3, -0.25) is 10.1 Å². The van der Waals surface area contributed by atoms with Gasteiger partial charge in [-0.05, 0) is 19.3 Å². The number of hydrogen-bond donors (Lipinski definition) is 0. The summed E-state index contributed by atoms with van der Waals surface area (Å²) in [5.41, 5.74) is -1.15. The molecule has 0 spiro atoms. The van der Waals surface area contributed by atoms with E-state index >= 15 is 0 Å². The fourth-order valence-electron chi connectivity index (χ4n) is 2.92. The topological polar surface area (TPSA) is 94.0 Å². The standard InChI is InChI=1S/C14H17ClN4O4/c1-14(2)18(20)10-8-9(15)12(19(21)22)13(11(10)16-23-14)17-6-4-3-5-7-17/h8H,3-7H2,1-2H3. The third-order valence-electron chi connectivity index (χ3n) is 4.10. The summed E-state index contributed by atoms with van der Waals surface area (Å²) in [4.78, 5) is 18.1. The van der Waals surface area contributed by atoms with Gasteiger partial charge in [-0.2, -0.15) is 4.74 Å². The van der Waals surface area contributed by atoms with Gasteiger partial charge < -0.3 is 14.9 Å². The molecule has 0 amide bonds. The van der Waals surface area contributed by atoms with Crippen LogP contribution in [-0.2, 0) is 4.84 Å². The van der Waals surface area contributed by atoms with Crippen LogP contribution in [0.4, 0.5) is 11.4 Å². The maximum Gasteiger partial charge on any atom is 0.334 e. The van der Waals surface area contributed by atoms with Gasteiger partial charge in [0, 0.05) is 33.0 Å². The molecule has 0 aromatic heterocycles. The third kappa shape index (κ3) is 2.56. The van der Waals surface area contributed by atoms with Gasteiger partial charge in [0.2, 0.25) is 10.7 Å². The van der Waals surface area contributed by atoms with Crippen LogP contribution in [0.2, 0.25) is 5.02 Å². The first-order valence-corrected chi connectivity index (χ1v) is 7.83. The molecule has 0 aliphatic carbocycles. The van der Waals surface area contributed by atoms with Gasteiger partial charge in [0.15, 0.2) is 5.69 Å². The minimum Gasteiger partial charge on any atom is -0.620 e. The Morgan fingerprint density at radius 1 is 1.39 bits per heavy atom. The van der Waals surface area contributed by atoms with Crippen molar-refractivity contribution in [1.82, 2.24) is 4.74 Å². The van der Waals surface area contributed by atoms with Crippen molar-refractivity contribution in [2.24, 2.45) is 5.16 Å². The Balaban J connectivity index is 2.37. The van der Waals surface area contributed by atoms with E-state index < -0.39 is 10.6 Å². The molecular formula is C14H17ClN4O4. The van der Waals surface area contributed by atoms with Gasteiger partial charge >= 0.3 is 11.4 Å². The van der Waals surface area contributed by atoms with E-state index in [0.717, 1.165) is 19.3 Å². The minimum atomic E-state index is -1.19. The Bertz CT molecular complexity index is 787. The SMILES string of the molecule is CC1(C)ON=c2c(N3CCCCC3)c([N+](=O)[O-])c(Cl)cc2=[N+]1[O-]. The first kappa shape index (κ1) is 15.8. The average molecular weight is 341 g/mol. The molecule has 124 valence electrons. The first-order chi connectivity index (χ1) is 10.8. The van der Waals surface area contributed by atoms with E-state index in [2.05, 4.69) is 5.16 Å². The highest BCUT2D eigenvalue weighted by Crippen LogP contribution is 2.33. The maximum atomic E-state index is 12.5. The Hall–Kier alpha value is -2.09. The molecule has 0 N–H and O–H groups in total. The first-order valence-electron chi connectivity index (χ1n) is 7.45. The number of rotatable bonds is 2. The zero-order valence-corrected chi connectivity index (χ0v) is 13.7. The van der Waals surface area contributed by atoms with Crippen LogP contribution in [0.15, 0.2) is 11.2 Å². The summed E-state index contributed by atoms with van der Waals surface area (Å²) in [5.74, 6) is 0. The summed E-state index contributed by atoms with van der Waals surface area (Å²) >= 11 is 6.12. The molecule has 1 saturated heterocycles. The van der Waals surface area contributed by atoms with Crippen molar-refractivity contribution in [1.29, 1.82) is 0 Å². The molecule has 1 aromatic carbocycles. The van der Waals surface area contributed by atoms with Gasteiger partial charge in [0.1, 0.15) is 5.02 Å². The lowest BCUT2D eigenvalue weighted by Gasteiger charge is -2.30. The smallest absolute Gasteiger partial charge is 0.334 e. The van der Waals surface area contributed by atoms with E-state index in [1.807, 2.05) is 4.90 Å². The quantitative estimate of drug-likeness (QED) is 0.352. The van der Waals surface area contributed by atoms with Crippen LogP contribution in [-0.4, -0.2) is 23.7 Å². The van der Waals surface area contributed by atoms with Crippen molar-refractivity contribution < 1.29 is 9.76 Å². The predicted molar refractivity (Wildman–Crippen MR) is 84.7 cm³/mol. The van der Waals surface area contributed by atoms with E-state index in [1.54, 1.807) is 13.8 Å². The molecule has 1 aromatic rings. The Morgan fingerprint density at radius 2 is 2.04 bits per heavy atom. The average Bonchev–Trinajstić information content (AvgIpc) is 2.51. The Morgan fingerprint density at radius 3 is 2.65 bits per heavy atom. The van der Waals surface area contributed by atoms with Crippen LogP contribution < -0.4 is 20.4 Å². The molecule has 2 aliphatic rings. The van der Waals surface area contributed by atoms with Crippen molar-refractivity contribution in [2.45, 2.75) is 38.8 Å². The molecule has 3 rings (SSSR count). The van der Waals surface area contributed by atoms with Crippen LogP contribution in [0.5, 0.6) is 0 Å². The van der Waals surface area contributed by atoms with Crippen LogP contribution in [0.3, 0.4) is 0 Å². The van der Waals surface area contributed by atoms with E-state index in [9.17, 15) is 15.3 Å². The van der Waals surface area contributed by atoms with Crippen molar-refractivity contribution in [3.63, 3.8) is 0 Å². The minimum absolute atomic E-state index is 0.0666. The summed E-state index contributed by atoms with van der Waals surface area (Å²) in [6.45, 7) is 4.46. The molecule has 0 saturated carbocycles. The lowest BCUT2D eigenvalue weighted by atomic mass is 10.1. The lowest BCUT2D eigenvalue weighted by Crippen LogP contribution is -2.54. The Labute approximate surface area is 137 Å². The van der Waals surface area contributed by atoms with E-state index in [0.29, 0.717) is 17.8 Å². The molecule has 9 heteroatoms. The highest BCUT2D eigenvalue weighted by Gasteiger charge is 2.37. The van der Waals surface area contributed by atoms with Gasteiger partial charge in [0.25, 0.3) is 0 Å². The Kier molecular flexibility index (Phi) is 3.79. The van der Waals surface area contributed by atoms with Crippen molar-refractivity contribution >= 4 is 23.0 Å². The lowest BCUT2D eigenvalue weighted by molar-refractivity contribution is -0.384. The number of nitrogens with zero attached hydrogens (tertiary/aromatic N) is 4. The number of benzene rings is 1. The third-order valence-corrected chi connectivity index (χ3v) is 4.39. The number of halogens is 1. The second-order valence-electron chi connectivity index (χ2n) is 6.15. The molecule has 1 fully saturated rings. The number of nitro groups is 1. The van der Waals surface area contributed by atoms with Gasteiger partial charge in [0.05, 0.1) is 4.92 Å². The number of hydroxylamine groups is 1. The molecule has 0 unspecified atom stereocenters. The van der Waals surface area contributed by atoms with Crippen LogP contribution in [0.25, 0.3) is 0 Å². The van der Waals surface area contributed by atoms with E-state index in [-0.39, 0.29) is 27.1 Å². The summed E-state index contributed by atoms with van der Waals surface area (Å²) < 4.78 is 0.651. The predicted octanol–water partition coefficient (Wildman–Crippen LogP) is 1.53. The number of anilines is 1. The number of fused-ring (bicyclic) bond motifs is 1. The van der Waals surface area contributed by atoms with Crippen LogP contribution >= 0.6 is 11.6 Å². The van der Waals surface area contributed by atoms with Crippen molar-refractivity contribution in [3.05, 3.63) is 37.1 Å². The van der Waals surface area contributed by atoms with Crippen molar-refractivity contribution in [3.8, 4) is 0 Å². The monoisotopic (exact) mass is 340 g/mol. The summed E-state index contributed by atoms with van der Waals surface area (Å²) in [5, 5.41) is 28.3. The van der Waals surface area contributed by atoms with E-state index in [4.69, 9.17) is 16.4 Å². The zero-order valence-electron chi connectivity index (χ0n) is 12.9. The zero-order chi connectivity index (χ0) is 16.8. The fraction of sp³-hybridized carbons (Fsp3) is 0.571. The fourth-order valence-corrected chi connectivity index (χ4v) is 3.19. The molecule has 0 atom stereocenters. The molecule has 23 heavy (non-hydrogen) atoms. The molecule has 8 nitrogen and oxygen atoms in total. The number of hydrogen-bond acceptors (Lipinski definition) is 6. The second-order valence-corrected chi connectivity index (χ2v) is 6.56. The molecule has 0 bridgehead atoms. The molecule has 2 aliphatic heterocycles. The summed E-state index contributed by atoms with van der Waals surface area (Å²) in [6.07, 6.45) is 2.92. The highest BCUT2D eigenvalue weighted by molar-refractivity contribution is 6.33. The highest BCUT2D eigenvalue weighted by atomic mass is 35.5. The maximum absolute atomic E-state index is 12.5. The second kappa shape index (κ2) is 5.52. The molecular weight excluding hydrogens is 324 g/mol. The van der Waals surface area contributed by atoms with Crippen LogP contribution in [0.1, 0.15) is 33.1 Å². The summed E-state index contributed by atoms with van der Waals surface area (Å²) in [6, 6.07) is 1.29. The molecule has 2 heterocycles. The number of nitro benzene ring substituents is 1. The van der Waals surface area contributed by atoms with Gasteiger partial charge in [-0.1, -0.05) is 16.8 Å². The van der Waals surface area contributed by atoms with Gasteiger partial charge in [-0.25, -0.2) is 0 Å². The number of piperidine rings is 1. The van der Waals surface area contributed by atoms with Crippen molar-refractivity contribution in [2.75, 3.05) is 18.0 Å². The van der Waals surface area contributed by atoms with Crippen LogP contribution in [0, 0.1) is 15.3 Å². The largest absolute Gasteiger partial charge is 0.620 e. The molecule has 0 radical (unpaired) electrons. The normalized spacial score (nSPS) is 19.6. The summed E-state index contributed by atoms with van der Waals surface area (Å²) in [7, 11) is 0. The van der Waals surface area contributed by atoms with E-state index in [1.165, 1.54) is 6.07 Å².